The highest BCUT2D eigenvalue weighted by Gasteiger charge is 2.23. The SMILES string of the molecule is CC1C=C(N)C=CC1(C)N.Cl. The van der Waals surface area contributed by atoms with Gasteiger partial charge in [-0.1, -0.05) is 19.1 Å². The third-order valence-electron chi connectivity index (χ3n) is 2.06. The van der Waals surface area contributed by atoms with Crippen molar-refractivity contribution in [2.45, 2.75) is 19.4 Å². The van der Waals surface area contributed by atoms with Crippen LogP contribution in [0.1, 0.15) is 13.8 Å². The fourth-order valence-electron chi connectivity index (χ4n) is 0.951. The van der Waals surface area contributed by atoms with Crippen molar-refractivity contribution in [3.8, 4) is 0 Å². The van der Waals surface area contributed by atoms with E-state index in [9.17, 15) is 0 Å². The van der Waals surface area contributed by atoms with E-state index in [2.05, 4.69) is 6.92 Å². The van der Waals surface area contributed by atoms with Gasteiger partial charge in [-0.05, 0) is 18.9 Å². The van der Waals surface area contributed by atoms with Crippen LogP contribution in [0.4, 0.5) is 0 Å². The smallest absolute Gasteiger partial charge is 0.0376 e. The Kier molecular flexibility index (Phi) is 3.14. The average Bonchev–Trinajstić information content (AvgIpc) is 1.81. The molecule has 0 amide bonds. The molecule has 0 spiro atoms. The lowest BCUT2D eigenvalue weighted by molar-refractivity contribution is 0.452. The number of nitrogens with two attached hydrogens (primary N) is 2. The molecule has 4 N–H and O–H groups in total. The molecule has 3 heteroatoms. The van der Waals surface area contributed by atoms with Crippen molar-refractivity contribution in [1.82, 2.24) is 0 Å². The summed E-state index contributed by atoms with van der Waals surface area (Å²) < 4.78 is 0. The van der Waals surface area contributed by atoms with Gasteiger partial charge >= 0.3 is 0 Å². The third kappa shape index (κ3) is 2.24. The molecule has 1 aliphatic rings. The number of hydrogen-bond donors (Lipinski definition) is 2. The highest BCUT2D eigenvalue weighted by Crippen LogP contribution is 2.21. The van der Waals surface area contributed by atoms with Gasteiger partial charge in [0.2, 0.25) is 0 Å². The van der Waals surface area contributed by atoms with Gasteiger partial charge < -0.3 is 11.5 Å². The maximum atomic E-state index is 5.90. The zero-order valence-electron chi connectivity index (χ0n) is 6.87. The summed E-state index contributed by atoms with van der Waals surface area (Å²) in [4.78, 5) is 0. The topological polar surface area (TPSA) is 52.0 Å². The summed E-state index contributed by atoms with van der Waals surface area (Å²) in [6, 6.07) is 0. The highest BCUT2D eigenvalue weighted by atomic mass is 35.5. The molecule has 0 aliphatic heterocycles. The lowest BCUT2D eigenvalue weighted by Crippen LogP contribution is -2.41. The molecule has 2 atom stereocenters. The first-order chi connectivity index (χ1) is 4.52. The van der Waals surface area contributed by atoms with Gasteiger partial charge in [0.1, 0.15) is 0 Å². The maximum absolute atomic E-state index is 5.90. The van der Waals surface area contributed by atoms with Crippen molar-refractivity contribution < 1.29 is 0 Å². The van der Waals surface area contributed by atoms with Crippen molar-refractivity contribution in [1.29, 1.82) is 0 Å². The minimum Gasteiger partial charge on any atom is -0.399 e. The van der Waals surface area contributed by atoms with Crippen molar-refractivity contribution in [2.75, 3.05) is 0 Å². The van der Waals surface area contributed by atoms with Gasteiger partial charge in [0, 0.05) is 11.2 Å². The lowest BCUT2D eigenvalue weighted by atomic mass is 9.84. The van der Waals surface area contributed by atoms with Crippen LogP contribution in [0.3, 0.4) is 0 Å². The van der Waals surface area contributed by atoms with Gasteiger partial charge in [-0.15, -0.1) is 12.4 Å². The van der Waals surface area contributed by atoms with Crippen LogP contribution >= 0.6 is 12.4 Å². The van der Waals surface area contributed by atoms with Gasteiger partial charge in [-0.2, -0.15) is 0 Å². The monoisotopic (exact) mass is 174 g/mol. The van der Waals surface area contributed by atoms with E-state index in [1.54, 1.807) is 0 Å². The van der Waals surface area contributed by atoms with Gasteiger partial charge in [0.25, 0.3) is 0 Å². The molecule has 0 aromatic heterocycles. The fraction of sp³-hybridized carbons (Fsp3) is 0.500. The Balaban J connectivity index is 0.000001000. The Hall–Kier alpha value is -0.470. The van der Waals surface area contributed by atoms with Crippen LogP contribution in [0.2, 0.25) is 0 Å². The largest absolute Gasteiger partial charge is 0.399 e. The zero-order valence-corrected chi connectivity index (χ0v) is 7.69. The highest BCUT2D eigenvalue weighted by molar-refractivity contribution is 5.85. The van der Waals surface area contributed by atoms with Crippen LogP contribution in [-0.4, -0.2) is 5.54 Å². The molecule has 64 valence electrons. The number of hydrogen-bond acceptors (Lipinski definition) is 2. The van der Waals surface area contributed by atoms with Gasteiger partial charge in [0.15, 0.2) is 0 Å². The molecular weight excluding hydrogens is 160 g/mol. The first kappa shape index (κ1) is 10.5. The predicted molar refractivity (Wildman–Crippen MR) is 50.4 cm³/mol. The van der Waals surface area contributed by atoms with E-state index in [0.29, 0.717) is 5.92 Å². The Morgan fingerprint density at radius 3 is 2.45 bits per heavy atom. The second-order valence-corrected chi connectivity index (χ2v) is 3.15. The minimum absolute atomic E-state index is 0. The van der Waals surface area contributed by atoms with Crippen LogP contribution in [0.5, 0.6) is 0 Å². The molecule has 0 fully saturated rings. The van der Waals surface area contributed by atoms with Crippen molar-refractivity contribution in [3.63, 3.8) is 0 Å². The fourth-order valence-corrected chi connectivity index (χ4v) is 0.951. The van der Waals surface area contributed by atoms with E-state index in [0.717, 1.165) is 5.70 Å². The summed E-state index contributed by atoms with van der Waals surface area (Å²) in [5.41, 5.74) is 12.1. The minimum atomic E-state index is -0.219. The van der Waals surface area contributed by atoms with E-state index in [1.165, 1.54) is 0 Å². The van der Waals surface area contributed by atoms with Gasteiger partial charge in [0.05, 0.1) is 0 Å². The number of halogens is 1. The summed E-state index contributed by atoms with van der Waals surface area (Å²) in [6.07, 6.45) is 5.80. The number of allylic oxidation sites excluding steroid dienone is 1. The molecule has 0 bridgehead atoms. The van der Waals surface area contributed by atoms with Gasteiger partial charge in [-0.3, -0.25) is 0 Å². The Labute approximate surface area is 73.7 Å². The third-order valence-corrected chi connectivity index (χ3v) is 2.06. The summed E-state index contributed by atoms with van der Waals surface area (Å²) in [6.45, 7) is 4.06. The van der Waals surface area contributed by atoms with Crippen LogP contribution in [-0.2, 0) is 0 Å². The molecule has 0 aromatic carbocycles. The Bertz CT molecular complexity index is 194. The molecule has 0 saturated carbocycles. The summed E-state index contributed by atoms with van der Waals surface area (Å²) in [5.74, 6) is 0.331. The summed E-state index contributed by atoms with van der Waals surface area (Å²) in [5, 5.41) is 0. The van der Waals surface area contributed by atoms with E-state index in [4.69, 9.17) is 11.5 Å². The summed E-state index contributed by atoms with van der Waals surface area (Å²) >= 11 is 0. The normalized spacial score (nSPS) is 35.9. The maximum Gasteiger partial charge on any atom is 0.0376 e. The van der Waals surface area contributed by atoms with E-state index >= 15 is 0 Å². The Morgan fingerprint density at radius 1 is 1.55 bits per heavy atom. The Morgan fingerprint density at radius 2 is 2.09 bits per heavy atom. The molecule has 0 saturated heterocycles. The molecule has 0 heterocycles. The van der Waals surface area contributed by atoms with Crippen molar-refractivity contribution in [2.24, 2.45) is 17.4 Å². The molecule has 0 aromatic rings. The van der Waals surface area contributed by atoms with Crippen molar-refractivity contribution >= 4 is 12.4 Å². The lowest BCUT2D eigenvalue weighted by Gasteiger charge is -2.29. The molecule has 2 unspecified atom stereocenters. The second kappa shape index (κ2) is 3.28. The molecule has 1 rings (SSSR count). The quantitative estimate of drug-likeness (QED) is 0.580. The molecule has 1 aliphatic carbocycles. The van der Waals surface area contributed by atoms with Crippen LogP contribution in [0, 0.1) is 5.92 Å². The number of rotatable bonds is 0. The van der Waals surface area contributed by atoms with E-state index in [1.807, 2.05) is 25.2 Å². The zero-order chi connectivity index (χ0) is 7.78. The van der Waals surface area contributed by atoms with E-state index in [-0.39, 0.29) is 17.9 Å². The second-order valence-electron chi connectivity index (χ2n) is 3.15. The molecule has 0 radical (unpaired) electrons. The van der Waals surface area contributed by atoms with Crippen LogP contribution in [0.15, 0.2) is 23.9 Å². The van der Waals surface area contributed by atoms with Crippen LogP contribution in [0.25, 0.3) is 0 Å². The van der Waals surface area contributed by atoms with Gasteiger partial charge in [-0.25, -0.2) is 0 Å². The van der Waals surface area contributed by atoms with E-state index < -0.39 is 0 Å². The first-order valence-electron chi connectivity index (χ1n) is 3.48. The molecule has 2 nitrogen and oxygen atoms in total. The molecular formula is C8H15ClN2. The standard InChI is InChI=1S/C8H14N2.ClH/c1-6-5-7(9)3-4-8(6,2)10;/h3-6H,9-10H2,1-2H3;1H. The summed E-state index contributed by atoms with van der Waals surface area (Å²) in [7, 11) is 0. The van der Waals surface area contributed by atoms with Crippen molar-refractivity contribution in [3.05, 3.63) is 23.9 Å². The molecule has 11 heavy (non-hydrogen) atoms. The van der Waals surface area contributed by atoms with Crippen LogP contribution < -0.4 is 11.5 Å². The predicted octanol–water partition coefficient (Wildman–Crippen LogP) is 1.17. The average molecular weight is 175 g/mol. The first-order valence-corrected chi connectivity index (χ1v) is 3.48.